The van der Waals surface area contributed by atoms with E-state index in [-0.39, 0.29) is 25.5 Å². The largest absolute Gasteiger partial charge is 0.395 e. The number of piperidine rings is 1. The van der Waals surface area contributed by atoms with E-state index in [0.29, 0.717) is 19.6 Å². The second-order valence-corrected chi connectivity index (χ2v) is 4.55. The van der Waals surface area contributed by atoms with Crippen LogP contribution in [0.3, 0.4) is 0 Å². The summed E-state index contributed by atoms with van der Waals surface area (Å²) < 4.78 is 37.3. The number of rotatable bonds is 5. The van der Waals surface area contributed by atoms with E-state index < -0.39 is 12.1 Å². The fourth-order valence-electron chi connectivity index (χ4n) is 2.23. The molecular weight excluding hydrogens is 233 g/mol. The van der Waals surface area contributed by atoms with Gasteiger partial charge in [-0.2, -0.15) is 13.2 Å². The first-order valence-corrected chi connectivity index (χ1v) is 6.10. The van der Waals surface area contributed by atoms with Crippen LogP contribution < -0.4 is 5.32 Å². The maximum absolute atomic E-state index is 12.4. The van der Waals surface area contributed by atoms with Crippen molar-refractivity contribution < 1.29 is 18.3 Å². The Morgan fingerprint density at radius 1 is 1.35 bits per heavy atom. The van der Waals surface area contributed by atoms with Gasteiger partial charge in [-0.05, 0) is 32.5 Å². The summed E-state index contributed by atoms with van der Waals surface area (Å²) in [5.41, 5.74) is 0. The summed E-state index contributed by atoms with van der Waals surface area (Å²) in [5.74, 6) is -1.15. The van der Waals surface area contributed by atoms with Crippen LogP contribution in [0.25, 0.3) is 0 Å². The summed E-state index contributed by atoms with van der Waals surface area (Å²) in [7, 11) is 0. The summed E-state index contributed by atoms with van der Waals surface area (Å²) >= 11 is 0. The number of aliphatic hydroxyl groups is 1. The molecule has 17 heavy (non-hydrogen) atoms. The van der Waals surface area contributed by atoms with Gasteiger partial charge in [-0.1, -0.05) is 6.92 Å². The first-order valence-electron chi connectivity index (χ1n) is 6.10. The minimum absolute atomic E-state index is 0.0209. The Morgan fingerprint density at radius 3 is 2.35 bits per heavy atom. The smallest absolute Gasteiger partial charge is 0.391 e. The predicted octanol–water partition coefficient (Wildman–Crippen LogP) is 1.23. The van der Waals surface area contributed by atoms with Crippen LogP contribution in [0.2, 0.25) is 0 Å². The highest BCUT2D eigenvalue weighted by molar-refractivity contribution is 4.79. The number of hydrogen-bond acceptors (Lipinski definition) is 3. The number of aliphatic hydroxyl groups excluding tert-OH is 1. The lowest BCUT2D eigenvalue weighted by molar-refractivity contribution is -0.185. The molecule has 0 aromatic carbocycles. The molecule has 0 aromatic heterocycles. The normalized spacial score (nSPS) is 21.7. The lowest BCUT2D eigenvalue weighted by Gasteiger charge is -2.34. The van der Waals surface area contributed by atoms with Gasteiger partial charge in [-0.3, -0.25) is 0 Å². The maximum Gasteiger partial charge on any atom is 0.391 e. The van der Waals surface area contributed by atoms with Gasteiger partial charge in [0.25, 0.3) is 0 Å². The Balaban J connectivity index is 2.31. The fraction of sp³-hybridized carbons (Fsp3) is 1.00. The van der Waals surface area contributed by atoms with E-state index in [0.717, 1.165) is 6.54 Å². The molecule has 0 bridgehead atoms. The van der Waals surface area contributed by atoms with Gasteiger partial charge in [0.2, 0.25) is 0 Å². The lowest BCUT2D eigenvalue weighted by Crippen LogP contribution is -2.47. The number of nitrogens with one attached hydrogen (secondary N) is 1. The van der Waals surface area contributed by atoms with Crippen LogP contribution in [-0.2, 0) is 0 Å². The van der Waals surface area contributed by atoms with Crippen molar-refractivity contribution in [1.29, 1.82) is 0 Å². The molecule has 0 aromatic rings. The second-order valence-electron chi connectivity index (χ2n) is 4.55. The van der Waals surface area contributed by atoms with Crippen molar-refractivity contribution in [2.75, 3.05) is 32.8 Å². The van der Waals surface area contributed by atoms with Crippen molar-refractivity contribution in [2.45, 2.75) is 32.0 Å². The van der Waals surface area contributed by atoms with Gasteiger partial charge < -0.3 is 15.3 Å². The average Bonchev–Trinajstić information content (AvgIpc) is 2.28. The molecule has 102 valence electrons. The molecule has 1 rings (SSSR count). The number of nitrogens with zero attached hydrogens (tertiary/aromatic N) is 1. The van der Waals surface area contributed by atoms with Crippen molar-refractivity contribution in [1.82, 2.24) is 10.2 Å². The summed E-state index contributed by atoms with van der Waals surface area (Å²) in [6.45, 7) is 4.27. The van der Waals surface area contributed by atoms with Crippen LogP contribution in [-0.4, -0.2) is 55.0 Å². The van der Waals surface area contributed by atoms with Crippen molar-refractivity contribution >= 4 is 0 Å². The van der Waals surface area contributed by atoms with Crippen LogP contribution in [0.15, 0.2) is 0 Å². The van der Waals surface area contributed by atoms with Crippen molar-refractivity contribution in [3.05, 3.63) is 0 Å². The number of likely N-dealkylation sites (N-methyl/N-ethyl adjacent to an activating group) is 1. The number of alkyl halides is 3. The van der Waals surface area contributed by atoms with Gasteiger partial charge >= 0.3 is 6.18 Å². The van der Waals surface area contributed by atoms with E-state index in [2.05, 4.69) is 5.32 Å². The highest BCUT2D eigenvalue weighted by Gasteiger charge is 2.41. The maximum atomic E-state index is 12.4. The Hall–Kier alpha value is -0.330. The zero-order chi connectivity index (χ0) is 12.9. The molecular formula is C11H21F3N2O. The molecule has 0 radical (unpaired) electrons. The third-order valence-corrected chi connectivity index (χ3v) is 3.24. The molecule has 0 aliphatic carbocycles. The van der Waals surface area contributed by atoms with E-state index in [1.807, 2.05) is 11.8 Å². The molecule has 1 fully saturated rings. The summed E-state index contributed by atoms with van der Waals surface area (Å²) in [6, 6.07) is -0.0394. The topological polar surface area (TPSA) is 35.5 Å². The summed E-state index contributed by atoms with van der Waals surface area (Å²) in [6.07, 6.45) is -3.70. The van der Waals surface area contributed by atoms with Crippen LogP contribution in [0.4, 0.5) is 13.2 Å². The first-order chi connectivity index (χ1) is 7.97. The SMILES string of the molecule is CCNC(CO)CN1CCC(C(F)(F)F)CC1. The molecule has 1 aliphatic rings. The molecule has 1 aliphatic heterocycles. The lowest BCUT2D eigenvalue weighted by atomic mass is 9.96. The van der Waals surface area contributed by atoms with Crippen molar-refractivity contribution in [3.8, 4) is 0 Å². The van der Waals surface area contributed by atoms with Gasteiger partial charge in [-0.15, -0.1) is 0 Å². The summed E-state index contributed by atoms with van der Waals surface area (Å²) in [5, 5.41) is 12.2. The van der Waals surface area contributed by atoms with Crippen molar-refractivity contribution in [2.24, 2.45) is 5.92 Å². The molecule has 1 heterocycles. The van der Waals surface area contributed by atoms with Gasteiger partial charge in [0.1, 0.15) is 0 Å². The number of hydrogen-bond donors (Lipinski definition) is 2. The molecule has 0 spiro atoms. The van der Waals surface area contributed by atoms with Gasteiger partial charge in [0.05, 0.1) is 12.5 Å². The quantitative estimate of drug-likeness (QED) is 0.774. The average molecular weight is 254 g/mol. The predicted molar refractivity (Wildman–Crippen MR) is 59.8 cm³/mol. The highest BCUT2D eigenvalue weighted by Crippen LogP contribution is 2.33. The standard InChI is InChI=1S/C11H21F3N2O/c1-2-15-10(8-17)7-16-5-3-9(4-6-16)11(12,13)14/h9-10,15,17H,2-8H2,1H3. The molecule has 1 unspecified atom stereocenters. The Bertz CT molecular complexity index is 215. The second kappa shape index (κ2) is 6.56. The third-order valence-electron chi connectivity index (χ3n) is 3.24. The number of likely N-dealkylation sites (tertiary alicyclic amines) is 1. The zero-order valence-corrected chi connectivity index (χ0v) is 10.1. The monoisotopic (exact) mass is 254 g/mol. The van der Waals surface area contributed by atoms with E-state index >= 15 is 0 Å². The molecule has 3 nitrogen and oxygen atoms in total. The molecule has 2 N–H and O–H groups in total. The van der Waals surface area contributed by atoms with E-state index in [1.54, 1.807) is 0 Å². The first kappa shape index (κ1) is 14.7. The Labute approximate surface area is 100.0 Å². The molecule has 0 amide bonds. The molecule has 6 heteroatoms. The van der Waals surface area contributed by atoms with Crippen LogP contribution >= 0.6 is 0 Å². The van der Waals surface area contributed by atoms with E-state index in [9.17, 15) is 13.2 Å². The van der Waals surface area contributed by atoms with Crippen molar-refractivity contribution in [3.63, 3.8) is 0 Å². The van der Waals surface area contributed by atoms with Gasteiger partial charge in [0.15, 0.2) is 0 Å². The van der Waals surface area contributed by atoms with E-state index in [1.165, 1.54) is 0 Å². The van der Waals surface area contributed by atoms with Crippen LogP contribution in [0, 0.1) is 5.92 Å². The Kier molecular flexibility index (Phi) is 5.69. The minimum atomic E-state index is -4.05. The molecule has 0 saturated carbocycles. The Morgan fingerprint density at radius 2 is 1.94 bits per heavy atom. The molecule has 1 atom stereocenters. The minimum Gasteiger partial charge on any atom is -0.395 e. The van der Waals surface area contributed by atoms with Gasteiger partial charge in [-0.25, -0.2) is 0 Å². The summed E-state index contributed by atoms with van der Waals surface area (Å²) in [4.78, 5) is 1.99. The van der Waals surface area contributed by atoms with Crippen LogP contribution in [0.5, 0.6) is 0 Å². The fourth-order valence-corrected chi connectivity index (χ4v) is 2.23. The number of halogens is 3. The third kappa shape index (κ3) is 4.81. The van der Waals surface area contributed by atoms with Gasteiger partial charge in [0, 0.05) is 12.6 Å². The molecule has 1 saturated heterocycles. The zero-order valence-electron chi connectivity index (χ0n) is 10.1. The highest BCUT2D eigenvalue weighted by atomic mass is 19.4. The van der Waals surface area contributed by atoms with Crippen LogP contribution in [0.1, 0.15) is 19.8 Å². The van der Waals surface area contributed by atoms with E-state index in [4.69, 9.17) is 5.11 Å².